The van der Waals surface area contributed by atoms with E-state index >= 15 is 0 Å². The minimum absolute atomic E-state index is 0.0206. The van der Waals surface area contributed by atoms with E-state index in [2.05, 4.69) is 16.0 Å². The summed E-state index contributed by atoms with van der Waals surface area (Å²) in [5.41, 5.74) is 1.51. The Bertz CT molecular complexity index is 1480. The van der Waals surface area contributed by atoms with Gasteiger partial charge in [0, 0.05) is 36.0 Å². The van der Waals surface area contributed by atoms with Crippen molar-refractivity contribution in [2.45, 2.75) is 38.3 Å². The molecule has 3 aromatic rings. The molecule has 14 heteroatoms. The van der Waals surface area contributed by atoms with Gasteiger partial charge in [0.1, 0.15) is 19.0 Å². The summed E-state index contributed by atoms with van der Waals surface area (Å²) in [6.07, 6.45) is -5.91. The molecule has 0 bridgehead atoms. The first-order valence-electron chi connectivity index (χ1n) is 13.2. The maximum Gasteiger partial charge on any atom is 0.330 e. The number of halogens is 5. The predicted octanol–water partition coefficient (Wildman–Crippen LogP) is 5.51. The second kappa shape index (κ2) is 16.1. The Morgan fingerprint density at radius 2 is 1.61 bits per heavy atom. The van der Waals surface area contributed by atoms with Gasteiger partial charge in [-0.2, -0.15) is 5.26 Å². The summed E-state index contributed by atoms with van der Waals surface area (Å²) in [4.78, 5) is 24.9. The number of hydrogen-bond donors (Lipinski definition) is 4. The molecule has 1 atom stereocenters. The molecule has 0 aliphatic heterocycles. The quantitative estimate of drug-likeness (QED) is 0.154. The van der Waals surface area contributed by atoms with Crippen LogP contribution in [-0.4, -0.2) is 50.1 Å². The number of carbonyl (C=O) groups excluding carboxylic acids is 1. The van der Waals surface area contributed by atoms with Crippen LogP contribution >= 0.6 is 0 Å². The average molecular weight is 621 g/mol. The number of aliphatic carboxylic acids is 1. The average Bonchev–Trinajstić information content (AvgIpc) is 2.97. The fraction of sp³-hybridized carbons (Fsp3) is 0.300. The Labute approximate surface area is 249 Å². The summed E-state index contributed by atoms with van der Waals surface area (Å²) in [6.45, 7) is -1.89. The molecular formula is C30H29F5N4O5. The van der Waals surface area contributed by atoms with Crippen molar-refractivity contribution in [2.24, 2.45) is 0 Å². The number of rotatable bonds is 16. The van der Waals surface area contributed by atoms with E-state index in [1.807, 2.05) is 6.07 Å². The Balaban J connectivity index is 1.81. The van der Waals surface area contributed by atoms with E-state index in [0.717, 1.165) is 6.07 Å². The Morgan fingerprint density at radius 3 is 2.23 bits per heavy atom. The number of hydrogen-bond acceptors (Lipinski definition) is 7. The second-order valence-corrected chi connectivity index (χ2v) is 9.40. The molecule has 0 fully saturated rings. The van der Waals surface area contributed by atoms with Crippen LogP contribution in [0.15, 0.2) is 54.6 Å². The van der Waals surface area contributed by atoms with Crippen LogP contribution in [0.4, 0.5) is 33.3 Å². The summed E-state index contributed by atoms with van der Waals surface area (Å²) in [7, 11) is 1.55. The summed E-state index contributed by atoms with van der Waals surface area (Å²) in [6, 6.07) is 13.2. The summed E-state index contributed by atoms with van der Waals surface area (Å²) < 4.78 is 75.7. The number of carboxylic acids is 1. The van der Waals surface area contributed by atoms with Crippen molar-refractivity contribution < 1.29 is 46.1 Å². The summed E-state index contributed by atoms with van der Waals surface area (Å²) in [5.74, 6) is -3.17. The van der Waals surface area contributed by atoms with Crippen molar-refractivity contribution in [1.29, 1.82) is 5.26 Å². The Hall–Kier alpha value is -4.90. The SMILES string of the molecule is CNCc1cc(NC(=O)CCc2cc(C(Nc3ccc(C#N)cc3)C(=O)O)ccc2OCC(F)F)cc(F)c1OCC(F)F. The lowest BCUT2D eigenvalue weighted by Gasteiger charge is -2.19. The van der Waals surface area contributed by atoms with Gasteiger partial charge in [0.05, 0.1) is 11.6 Å². The Kier molecular flexibility index (Phi) is 12.3. The van der Waals surface area contributed by atoms with Gasteiger partial charge in [0.15, 0.2) is 17.6 Å². The van der Waals surface area contributed by atoms with Gasteiger partial charge in [0.2, 0.25) is 5.91 Å². The Morgan fingerprint density at radius 1 is 0.932 bits per heavy atom. The number of nitriles is 1. The smallest absolute Gasteiger partial charge is 0.330 e. The topological polar surface area (TPSA) is 133 Å². The summed E-state index contributed by atoms with van der Waals surface area (Å²) >= 11 is 0. The highest BCUT2D eigenvalue weighted by Gasteiger charge is 2.22. The van der Waals surface area contributed by atoms with Crippen LogP contribution in [0.3, 0.4) is 0 Å². The molecule has 0 saturated carbocycles. The minimum Gasteiger partial charge on any atom is -0.487 e. The molecule has 1 unspecified atom stereocenters. The molecule has 0 aliphatic carbocycles. The van der Waals surface area contributed by atoms with Gasteiger partial charge in [-0.25, -0.2) is 26.7 Å². The number of carboxylic acid groups (broad SMARTS) is 1. The third-order valence-corrected chi connectivity index (χ3v) is 6.10. The van der Waals surface area contributed by atoms with Gasteiger partial charge in [-0.05, 0) is 67.1 Å². The number of amides is 1. The monoisotopic (exact) mass is 620 g/mol. The zero-order valence-corrected chi connectivity index (χ0v) is 23.4. The first kappa shape index (κ1) is 33.6. The lowest BCUT2D eigenvalue weighted by molar-refractivity contribution is -0.138. The van der Waals surface area contributed by atoms with E-state index in [9.17, 15) is 36.6 Å². The molecule has 4 N–H and O–H groups in total. The van der Waals surface area contributed by atoms with E-state index in [4.69, 9.17) is 14.7 Å². The molecular weight excluding hydrogens is 591 g/mol. The molecule has 3 aromatic carbocycles. The fourth-order valence-electron chi connectivity index (χ4n) is 4.19. The lowest BCUT2D eigenvalue weighted by Crippen LogP contribution is -2.21. The molecule has 3 rings (SSSR count). The predicted molar refractivity (Wildman–Crippen MR) is 151 cm³/mol. The van der Waals surface area contributed by atoms with Crippen molar-refractivity contribution in [3.63, 3.8) is 0 Å². The zero-order chi connectivity index (χ0) is 32.2. The van der Waals surface area contributed by atoms with Gasteiger partial charge in [-0.15, -0.1) is 0 Å². The number of anilines is 2. The number of nitrogens with one attached hydrogen (secondary N) is 3. The minimum atomic E-state index is -2.82. The molecule has 0 heterocycles. The highest BCUT2D eigenvalue weighted by molar-refractivity contribution is 5.91. The van der Waals surface area contributed by atoms with E-state index < -0.39 is 49.8 Å². The van der Waals surface area contributed by atoms with Gasteiger partial charge in [0.25, 0.3) is 12.9 Å². The molecule has 0 saturated heterocycles. The van der Waals surface area contributed by atoms with Crippen molar-refractivity contribution in [3.05, 3.63) is 82.7 Å². The van der Waals surface area contributed by atoms with E-state index in [1.54, 1.807) is 7.05 Å². The molecule has 0 aromatic heterocycles. The maximum absolute atomic E-state index is 14.7. The van der Waals surface area contributed by atoms with Gasteiger partial charge >= 0.3 is 5.97 Å². The van der Waals surface area contributed by atoms with Crippen molar-refractivity contribution in [3.8, 4) is 17.6 Å². The van der Waals surface area contributed by atoms with Crippen LogP contribution in [0, 0.1) is 17.1 Å². The number of benzene rings is 3. The molecule has 44 heavy (non-hydrogen) atoms. The van der Waals surface area contributed by atoms with E-state index in [0.29, 0.717) is 11.3 Å². The van der Waals surface area contributed by atoms with Crippen LogP contribution in [-0.2, 0) is 22.6 Å². The highest BCUT2D eigenvalue weighted by Crippen LogP contribution is 2.30. The highest BCUT2D eigenvalue weighted by atomic mass is 19.3. The third kappa shape index (κ3) is 9.84. The second-order valence-electron chi connectivity index (χ2n) is 9.40. The standard InChI is InChI=1S/C30H29F5N4O5/c1-37-14-20-11-22(12-23(31)29(20)44-16-26(34)35)38-27(40)9-5-18-10-19(4-8-24(18)43-15-25(32)33)28(30(41)42)39-21-6-2-17(13-36)3-7-21/h2-4,6-8,10-12,25-26,28,37,39H,5,9,14-16H2,1H3,(H,38,40)(H,41,42). The van der Waals surface area contributed by atoms with Crippen LogP contribution in [0.25, 0.3) is 0 Å². The molecule has 0 spiro atoms. The molecule has 234 valence electrons. The van der Waals surface area contributed by atoms with Gasteiger partial charge in [-0.1, -0.05) is 6.07 Å². The third-order valence-electron chi connectivity index (χ3n) is 6.10. The molecule has 9 nitrogen and oxygen atoms in total. The maximum atomic E-state index is 14.7. The van der Waals surface area contributed by atoms with Crippen LogP contribution in [0.2, 0.25) is 0 Å². The normalized spacial score (nSPS) is 11.6. The molecule has 0 radical (unpaired) electrons. The van der Waals surface area contributed by atoms with Crippen molar-refractivity contribution >= 4 is 23.3 Å². The van der Waals surface area contributed by atoms with Crippen molar-refractivity contribution in [2.75, 3.05) is 30.9 Å². The first-order valence-corrected chi connectivity index (χ1v) is 13.2. The summed E-state index contributed by atoms with van der Waals surface area (Å²) in [5, 5.41) is 27.0. The van der Waals surface area contributed by atoms with Gasteiger partial charge in [-0.3, -0.25) is 4.79 Å². The van der Waals surface area contributed by atoms with E-state index in [-0.39, 0.29) is 53.3 Å². The zero-order valence-electron chi connectivity index (χ0n) is 23.4. The number of carbonyl (C=O) groups is 2. The van der Waals surface area contributed by atoms with Crippen LogP contribution in [0.1, 0.15) is 34.7 Å². The first-order chi connectivity index (χ1) is 21.0. The fourth-order valence-corrected chi connectivity index (χ4v) is 4.19. The van der Waals surface area contributed by atoms with Crippen LogP contribution < -0.4 is 25.4 Å². The number of ether oxygens (including phenoxy) is 2. The number of nitrogens with zero attached hydrogens (tertiary/aromatic N) is 1. The van der Waals surface area contributed by atoms with Gasteiger partial charge < -0.3 is 30.5 Å². The lowest BCUT2D eigenvalue weighted by atomic mass is 9.99. The molecule has 1 amide bonds. The molecule has 0 aliphatic rings. The number of alkyl halides is 4. The van der Waals surface area contributed by atoms with Crippen LogP contribution in [0.5, 0.6) is 11.5 Å². The largest absolute Gasteiger partial charge is 0.487 e. The number of aryl methyl sites for hydroxylation is 1. The van der Waals surface area contributed by atoms with E-state index in [1.165, 1.54) is 48.5 Å². The van der Waals surface area contributed by atoms with Crippen molar-refractivity contribution in [1.82, 2.24) is 5.32 Å².